The van der Waals surface area contributed by atoms with E-state index in [0.29, 0.717) is 12.2 Å². The fraction of sp³-hybridized carbons (Fsp3) is 0.231. The van der Waals surface area contributed by atoms with Gasteiger partial charge in [0.15, 0.2) is 5.69 Å². The van der Waals surface area contributed by atoms with Crippen molar-refractivity contribution in [3.63, 3.8) is 0 Å². The van der Waals surface area contributed by atoms with Gasteiger partial charge in [0.2, 0.25) is 0 Å². The molecule has 0 radical (unpaired) electrons. The second-order valence-electron chi connectivity index (χ2n) is 4.05. The Hall–Kier alpha value is -1.66. The number of nitrogens with two attached hydrogens (primary N) is 1. The topological polar surface area (TPSA) is 72.9 Å². The van der Waals surface area contributed by atoms with Gasteiger partial charge in [0, 0.05) is 17.7 Å². The maximum Gasteiger partial charge on any atom is 0.271 e. The van der Waals surface area contributed by atoms with Crippen LogP contribution in [0.2, 0.25) is 0 Å². The lowest BCUT2D eigenvalue weighted by atomic mass is 10.1. The Bertz CT molecular complexity index is 594. The lowest BCUT2D eigenvalue weighted by Crippen LogP contribution is -2.18. The van der Waals surface area contributed by atoms with Crippen LogP contribution in [0.4, 0.5) is 0 Å². The third-order valence-electron chi connectivity index (χ3n) is 2.74. The summed E-state index contributed by atoms with van der Waals surface area (Å²) < 4.78 is 2.59. The number of halogens is 1. The molecule has 2 rings (SSSR count). The van der Waals surface area contributed by atoms with Crippen molar-refractivity contribution in [2.24, 2.45) is 5.73 Å². The van der Waals surface area contributed by atoms with Crippen molar-refractivity contribution in [1.29, 1.82) is 0 Å². The quantitative estimate of drug-likeness (QED) is 0.895. The zero-order chi connectivity index (χ0) is 13.8. The molecular formula is C13H15BrN4O. The normalized spacial score (nSPS) is 10.5. The minimum absolute atomic E-state index is 0.199. The highest BCUT2D eigenvalue weighted by Gasteiger charge is 2.10. The van der Waals surface area contributed by atoms with E-state index in [-0.39, 0.29) is 5.91 Å². The number of nitrogens with one attached hydrogen (secondary N) is 1. The Morgan fingerprint density at radius 2 is 2.26 bits per heavy atom. The highest BCUT2D eigenvalue weighted by atomic mass is 79.9. The van der Waals surface area contributed by atoms with Crippen LogP contribution in [-0.2, 0) is 6.42 Å². The molecule has 6 heteroatoms. The summed E-state index contributed by atoms with van der Waals surface area (Å²) in [6, 6.07) is 7.66. The molecule has 1 aromatic heterocycles. The van der Waals surface area contributed by atoms with Gasteiger partial charge in [-0.25, -0.2) is 4.68 Å². The molecule has 0 aliphatic heterocycles. The molecule has 0 saturated heterocycles. The summed E-state index contributed by atoms with van der Waals surface area (Å²) >= 11 is 3.52. The molecule has 1 heterocycles. The number of aromatic nitrogens is 2. The number of amides is 1. The molecule has 19 heavy (non-hydrogen) atoms. The van der Waals surface area contributed by atoms with Crippen LogP contribution in [0.5, 0.6) is 0 Å². The Kier molecular flexibility index (Phi) is 4.34. The van der Waals surface area contributed by atoms with Crippen molar-refractivity contribution in [2.75, 3.05) is 13.6 Å². The lowest BCUT2D eigenvalue weighted by molar-refractivity contribution is 0.0957. The fourth-order valence-corrected chi connectivity index (χ4v) is 2.37. The Labute approximate surface area is 119 Å². The predicted molar refractivity (Wildman–Crippen MR) is 77.4 cm³/mol. The average molecular weight is 323 g/mol. The largest absolute Gasteiger partial charge is 0.354 e. The Morgan fingerprint density at radius 3 is 2.89 bits per heavy atom. The van der Waals surface area contributed by atoms with E-state index in [1.165, 1.54) is 0 Å². The Balaban J connectivity index is 2.31. The second kappa shape index (κ2) is 5.99. The van der Waals surface area contributed by atoms with Gasteiger partial charge in [0.05, 0.1) is 5.69 Å². The van der Waals surface area contributed by atoms with Crippen molar-refractivity contribution in [2.45, 2.75) is 6.42 Å². The molecule has 1 amide bonds. The van der Waals surface area contributed by atoms with Gasteiger partial charge in [-0.2, -0.15) is 5.10 Å². The van der Waals surface area contributed by atoms with Crippen LogP contribution in [0, 0.1) is 0 Å². The van der Waals surface area contributed by atoms with Gasteiger partial charge in [-0.1, -0.05) is 6.07 Å². The number of nitrogens with zero attached hydrogens (tertiary/aromatic N) is 2. The molecule has 0 unspecified atom stereocenters. The first-order valence-corrected chi connectivity index (χ1v) is 6.71. The standard InChI is InChI=1S/C13H15BrN4O/c1-16-13(19)11-5-7-18(17-11)12-3-2-9(4-6-15)8-10(12)14/h2-3,5,7-8H,4,6,15H2,1H3,(H,16,19). The van der Waals surface area contributed by atoms with Crippen molar-refractivity contribution >= 4 is 21.8 Å². The number of carbonyl (C=O) groups is 1. The van der Waals surface area contributed by atoms with Crippen LogP contribution >= 0.6 is 15.9 Å². The predicted octanol–water partition coefficient (Wildman–Crippen LogP) is 1.50. The summed E-state index contributed by atoms with van der Waals surface area (Å²) in [6.07, 6.45) is 2.59. The van der Waals surface area contributed by atoms with E-state index in [1.54, 1.807) is 24.0 Å². The van der Waals surface area contributed by atoms with Gasteiger partial charge in [-0.05, 0) is 52.7 Å². The average Bonchev–Trinajstić information content (AvgIpc) is 2.88. The van der Waals surface area contributed by atoms with Crippen molar-refractivity contribution in [1.82, 2.24) is 15.1 Å². The van der Waals surface area contributed by atoms with E-state index in [4.69, 9.17) is 5.73 Å². The third-order valence-corrected chi connectivity index (χ3v) is 3.38. The third kappa shape index (κ3) is 3.02. The van der Waals surface area contributed by atoms with E-state index >= 15 is 0 Å². The van der Waals surface area contributed by atoms with E-state index in [2.05, 4.69) is 26.3 Å². The molecule has 5 nitrogen and oxygen atoms in total. The first-order valence-electron chi connectivity index (χ1n) is 5.92. The maximum absolute atomic E-state index is 11.5. The van der Waals surface area contributed by atoms with Crippen molar-refractivity contribution in [3.05, 3.63) is 46.2 Å². The Morgan fingerprint density at radius 1 is 1.47 bits per heavy atom. The number of benzene rings is 1. The highest BCUT2D eigenvalue weighted by Crippen LogP contribution is 2.22. The number of hydrogen-bond donors (Lipinski definition) is 2. The summed E-state index contributed by atoms with van der Waals surface area (Å²) in [5, 5.41) is 6.78. The lowest BCUT2D eigenvalue weighted by Gasteiger charge is -2.07. The molecule has 3 N–H and O–H groups in total. The van der Waals surface area contributed by atoms with Crippen LogP contribution in [0.25, 0.3) is 5.69 Å². The van der Waals surface area contributed by atoms with Crippen LogP contribution in [-0.4, -0.2) is 29.3 Å². The summed E-state index contributed by atoms with van der Waals surface area (Å²) in [5.74, 6) is -0.199. The molecule has 0 atom stereocenters. The van der Waals surface area contributed by atoms with Crippen LogP contribution < -0.4 is 11.1 Å². The number of hydrogen-bond acceptors (Lipinski definition) is 3. The summed E-state index contributed by atoms with van der Waals surface area (Å²) in [7, 11) is 1.58. The van der Waals surface area contributed by atoms with Gasteiger partial charge in [-0.3, -0.25) is 4.79 Å². The van der Waals surface area contributed by atoms with E-state index < -0.39 is 0 Å². The van der Waals surface area contributed by atoms with E-state index in [9.17, 15) is 4.79 Å². The molecule has 0 bridgehead atoms. The molecule has 100 valence electrons. The second-order valence-corrected chi connectivity index (χ2v) is 4.90. The summed E-state index contributed by atoms with van der Waals surface area (Å²) in [4.78, 5) is 11.5. The first kappa shape index (κ1) is 13.8. The molecule has 0 aliphatic carbocycles. The van der Waals surface area contributed by atoms with E-state index in [0.717, 1.165) is 22.1 Å². The van der Waals surface area contributed by atoms with Crippen molar-refractivity contribution in [3.8, 4) is 5.69 Å². The minimum Gasteiger partial charge on any atom is -0.354 e. The molecular weight excluding hydrogens is 308 g/mol. The monoisotopic (exact) mass is 322 g/mol. The van der Waals surface area contributed by atoms with E-state index in [1.807, 2.05) is 18.2 Å². The van der Waals surface area contributed by atoms with Crippen LogP contribution in [0.1, 0.15) is 16.1 Å². The molecule has 1 aromatic carbocycles. The highest BCUT2D eigenvalue weighted by molar-refractivity contribution is 9.10. The molecule has 0 saturated carbocycles. The minimum atomic E-state index is -0.199. The summed E-state index contributed by atoms with van der Waals surface area (Å²) in [6.45, 7) is 0.619. The summed E-state index contributed by atoms with van der Waals surface area (Å²) in [5.41, 5.74) is 7.97. The molecule has 2 aromatic rings. The van der Waals surface area contributed by atoms with Gasteiger partial charge in [-0.15, -0.1) is 0 Å². The maximum atomic E-state index is 11.5. The SMILES string of the molecule is CNC(=O)c1ccn(-c2ccc(CCN)cc2Br)n1. The molecule has 0 spiro atoms. The fourth-order valence-electron chi connectivity index (χ4n) is 1.77. The molecule has 0 fully saturated rings. The van der Waals surface area contributed by atoms with Gasteiger partial charge < -0.3 is 11.1 Å². The number of carbonyl (C=O) groups excluding carboxylic acids is 1. The zero-order valence-electron chi connectivity index (χ0n) is 10.6. The smallest absolute Gasteiger partial charge is 0.271 e. The van der Waals surface area contributed by atoms with Gasteiger partial charge in [0.1, 0.15) is 0 Å². The van der Waals surface area contributed by atoms with Crippen LogP contribution in [0.15, 0.2) is 34.9 Å². The first-order chi connectivity index (χ1) is 9.15. The van der Waals surface area contributed by atoms with Gasteiger partial charge >= 0.3 is 0 Å². The van der Waals surface area contributed by atoms with Crippen molar-refractivity contribution < 1.29 is 4.79 Å². The number of rotatable bonds is 4. The van der Waals surface area contributed by atoms with Crippen LogP contribution in [0.3, 0.4) is 0 Å². The van der Waals surface area contributed by atoms with Gasteiger partial charge in [0.25, 0.3) is 5.91 Å². The molecule has 0 aliphatic rings. The zero-order valence-corrected chi connectivity index (χ0v) is 12.1.